The Morgan fingerprint density at radius 2 is 1.76 bits per heavy atom. The molecule has 2 nitrogen and oxygen atoms in total. The molecule has 21 heavy (non-hydrogen) atoms. The summed E-state index contributed by atoms with van der Waals surface area (Å²) in [6, 6.07) is 19.0. The van der Waals surface area contributed by atoms with E-state index in [0.717, 1.165) is 36.2 Å². The molecule has 3 aromatic rings. The molecule has 0 saturated carbocycles. The largest absolute Gasteiger partial charge is 0.284 e. The molecule has 0 amide bonds. The van der Waals surface area contributed by atoms with Crippen LogP contribution in [0.5, 0.6) is 0 Å². The zero-order valence-electron chi connectivity index (χ0n) is 11.8. The van der Waals surface area contributed by atoms with E-state index in [1.807, 2.05) is 18.3 Å². The van der Waals surface area contributed by atoms with Crippen LogP contribution in [0.4, 0.5) is 0 Å². The lowest BCUT2D eigenvalue weighted by Crippen LogP contribution is -2.06. The second kappa shape index (κ2) is 5.13. The summed E-state index contributed by atoms with van der Waals surface area (Å²) in [4.78, 5) is 9.40. The summed E-state index contributed by atoms with van der Waals surface area (Å²) in [5.74, 6) is 0. The van der Waals surface area contributed by atoms with Crippen molar-refractivity contribution in [2.24, 2.45) is 4.99 Å². The van der Waals surface area contributed by atoms with Gasteiger partial charge in [-0.3, -0.25) is 9.98 Å². The van der Waals surface area contributed by atoms with E-state index in [1.165, 1.54) is 16.5 Å². The van der Waals surface area contributed by atoms with E-state index in [1.54, 1.807) is 0 Å². The molecule has 4 rings (SSSR count). The maximum atomic E-state index is 4.82. The van der Waals surface area contributed by atoms with Gasteiger partial charge in [0.05, 0.1) is 11.2 Å². The topological polar surface area (TPSA) is 25.2 Å². The van der Waals surface area contributed by atoms with Gasteiger partial charge in [0.25, 0.3) is 0 Å². The minimum atomic E-state index is 0.886. The average Bonchev–Trinajstić information content (AvgIpc) is 2.77. The minimum absolute atomic E-state index is 0.886. The molecule has 2 heterocycles. The monoisotopic (exact) mass is 272 g/mol. The number of aryl methyl sites for hydroxylation is 1. The third kappa shape index (κ3) is 2.23. The summed E-state index contributed by atoms with van der Waals surface area (Å²) < 4.78 is 0. The molecule has 0 spiro atoms. The van der Waals surface area contributed by atoms with Crippen molar-refractivity contribution in [1.82, 2.24) is 4.98 Å². The highest BCUT2D eigenvalue weighted by Crippen LogP contribution is 2.22. The molecule has 2 heteroatoms. The first-order valence-electron chi connectivity index (χ1n) is 7.40. The van der Waals surface area contributed by atoms with Crippen molar-refractivity contribution >= 4 is 16.6 Å². The molecule has 0 saturated heterocycles. The van der Waals surface area contributed by atoms with Crippen molar-refractivity contribution in [3.05, 3.63) is 77.5 Å². The maximum Gasteiger partial charge on any atom is 0.0737 e. The Balaban J connectivity index is 1.89. The minimum Gasteiger partial charge on any atom is -0.284 e. The summed E-state index contributed by atoms with van der Waals surface area (Å²) in [5.41, 5.74) is 5.88. The summed E-state index contributed by atoms with van der Waals surface area (Å²) in [5, 5.41) is 1.17. The average molecular weight is 272 g/mol. The molecule has 0 N–H and O–H groups in total. The highest BCUT2D eigenvalue weighted by molar-refractivity contribution is 6.14. The number of benzene rings is 2. The Morgan fingerprint density at radius 3 is 2.76 bits per heavy atom. The van der Waals surface area contributed by atoms with Gasteiger partial charge in [-0.2, -0.15) is 0 Å². The van der Waals surface area contributed by atoms with Crippen LogP contribution in [0.3, 0.4) is 0 Å². The molecule has 0 bridgehead atoms. The van der Waals surface area contributed by atoms with Crippen LogP contribution < -0.4 is 0 Å². The molecule has 0 atom stereocenters. The van der Waals surface area contributed by atoms with Crippen LogP contribution in [0.2, 0.25) is 0 Å². The fourth-order valence-corrected chi connectivity index (χ4v) is 2.96. The Bertz CT molecular complexity index is 834. The predicted octanol–water partition coefficient (Wildman–Crippen LogP) is 4.02. The van der Waals surface area contributed by atoms with E-state index < -0.39 is 0 Å². The summed E-state index contributed by atoms with van der Waals surface area (Å²) in [7, 11) is 0. The van der Waals surface area contributed by atoms with Crippen molar-refractivity contribution < 1.29 is 0 Å². The fourth-order valence-electron chi connectivity index (χ4n) is 2.96. The van der Waals surface area contributed by atoms with Gasteiger partial charge in [-0.25, -0.2) is 0 Å². The van der Waals surface area contributed by atoms with E-state index >= 15 is 0 Å². The van der Waals surface area contributed by atoms with E-state index in [9.17, 15) is 0 Å². The molecule has 102 valence electrons. The molecular formula is C19H16N2. The maximum absolute atomic E-state index is 4.82. The smallest absolute Gasteiger partial charge is 0.0737 e. The van der Waals surface area contributed by atoms with Gasteiger partial charge in [-0.15, -0.1) is 0 Å². The Hall–Kier alpha value is -2.48. The lowest BCUT2D eigenvalue weighted by Gasteiger charge is -2.10. The van der Waals surface area contributed by atoms with Gasteiger partial charge in [0.1, 0.15) is 0 Å². The van der Waals surface area contributed by atoms with Gasteiger partial charge < -0.3 is 0 Å². The van der Waals surface area contributed by atoms with E-state index in [4.69, 9.17) is 4.99 Å². The lowest BCUT2D eigenvalue weighted by molar-refractivity contribution is 0.845. The van der Waals surface area contributed by atoms with Crippen molar-refractivity contribution in [2.45, 2.75) is 12.8 Å². The molecule has 1 aliphatic heterocycles. The first kappa shape index (κ1) is 12.3. The second-order valence-electron chi connectivity index (χ2n) is 5.41. The molecule has 0 radical (unpaired) electrons. The van der Waals surface area contributed by atoms with Crippen molar-refractivity contribution in [2.75, 3.05) is 6.54 Å². The van der Waals surface area contributed by atoms with Crippen molar-refractivity contribution in [3.63, 3.8) is 0 Å². The summed E-state index contributed by atoms with van der Waals surface area (Å²) in [6.45, 7) is 0.886. The zero-order valence-corrected chi connectivity index (χ0v) is 11.8. The molecular weight excluding hydrogens is 256 g/mol. The van der Waals surface area contributed by atoms with Crippen molar-refractivity contribution in [3.8, 4) is 0 Å². The number of aliphatic imine (C=N–C) groups is 1. The van der Waals surface area contributed by atoms with Gasteiger partial charge in [-0.05, 0) is 30.5 Å². The fraction of sp³-hybridized carbons (Fsp3) is 0.158. The predicted molar refractivity (Wildman–Crippen MR) is 87.0 cm³/mol. The molecule has 1 aromatic heterocycles. The van der Waals surface area contributed by atoms with Gasteiger partial charge >= 0.3 is 0 Å². The highest BCUT2D eigenvalue weighted by atomic mass is 14.8. The third-order valence-electron chi connectivity index (χ3n) is 4.01. The van der Waals surface area contributed by atoms with Crippen LogP contribution in [-0.2, 0) is 6.42 Å². The number of para-hydroxylation sites is 1. The van der Waals surface area contributed by atoms with E-state index in [-0.39, 0.29) is 0 Å². The number of rotatable bonds is 1. The number of fused-ring (bicyclic) bond motifs is 2. The van der Waals surface area contributed by atoms with E-state index in [0.29, 0.717) is 0 Å². The molecule has 0 unspecified atom stereocenters. The van der Waals surface area contributed by atoms with Crippen molar-refractivity contribution in [1.29, 1.82) is 0 Å². The highest BCUT2D eigenvalue weighted by Gasteiger charge is 2.14. The standard InChI is InChI=1S/C19H16N2/c1-3-9-17-14(6-1)8-5-11-20-19(17)16-12-15-7-2-4-10-18(15)21-13-16/h1-4,6-7,9-10,12-13H,5,8,11H2. The van der Waals surface area contributed by atoms with Crippen LogP contribution in [0.25, 0.3) is 10.9 Å². The molecule has 1 aliphatic rings. The quantitative estimate of drug-likeness (QED) is 0.657. The Labute approximate surface area is 124 Å². The van der Waals surface area contributed by atoms with Crippen LogP contribution in [-0.4, -0.2) is 17.2 Å². The number of hydrogen-bond acceptors (Lipinski definition) is 2. The first-order valence-corrected chi connectivity index (χ1v) is 7.40. The van der Waals surface area contributed by atoms with Gasteiger partial charge in [0, 0.05) is 29.3 Å². The van der Waals surface area contributed by atoms with Crippen LogP contribution in [0.15, 0.2) is 65.8 Å². The van der Waals surface area contributed by atoms with Crippen LogP contribution >= 0.6 is 0 Å². The van der Waals surface area contributed by atoms with Crippen LogP contribution in [0, 0.1) is 0 Å². The third-order valence-corrected chi connectivity index (χ3v) is 4.01. The first-order chi connectivity index (χ1) is 10.4. The van der Waals surface area contributed by atoms with Gasteiger partial charge in [-0.1, -0.05) is 42.5 Å². The Kier molecular flexibility index (Phi) is 3.00. The SMILES string of the molecule is c1ccc2c(c1)CCCN=C2c1cnc2ccccc2c1. The summed E-state index contributed by atoms with van der Waals surface area (Å²) in [6.07, 6.45) is 4.16. The second-order valence-corrected chi connectivity index (χ2v) is 5.41. The van der Waals surface area contributed by atoms with Gasteiger partial charge in [0.15, 0.2) is 0 Å². The van der Waals surface area contributed by atoms with Crippen LogP contribution in [0.1, 0.15) is 23.1 Å². The summed E-state index contributed by atoms with van der Waals surface area (Å²) >= 11 is 0. The van der Waals surface area contributed by atoms with E-state index in [2.05, 4.69) is 47.4 Å². The lowest BCUT2D eigenvalue weighted by atomic mass is 9.96. The molecule has 0 fully saturated rings. The molecule has 2 aromatic carbocycles. The van der Waals surface area contributed by atoms with Gasteiger partial charge in [0.2, 0.25) is 0 Å². The zero-order chi connectivity index (χ0) is 14.1. The normalized spacial score (nSPS) is 14.4. The number of pyridine rings is 1. The number of aromatic nitrogens is 1. The molecule has 0 aliphatic carbocycles. The number of hydrogen-bond donors (Lipinski definition) is 0. The number of nitrogens with zero attached hydrogens (tertiary/aromatic N) is 2. The Morgan fingerprint density at radius 1 is 0.905 bits per heavy atom.